The molecule has 1 N–H and O–H groups in total. The fraction of sp³-hybridized carbons (Fsp3) is 0.185. The molecule has 3 aromatic carbocycles. The van der Waals surface area contributed by atoms with Gasteiger partial charge in [-0.25, -0.2) is 4.68 Å². The Morgan fingerprint density at radius 1 is 1.03 bits per heavy atom. The van der Waals surface area contributed by atoms with E-state index in [1.165, 1.54) is 28.9 Å². The molecule has 4 rings (SSSR count). The maximum atomic E-state index is 12.8. The molecule has 190 valence electrons. The fourth-order valence-corrected chi connectivity index (χ4v) is 3.83. The lowest BCUT2D eigenvalue weighted by molar-refractivity contribution is -0.384. The van der Waals surface area contributed by atoms with Gasteiger partial charge >= 0.3 is 0 Å². The van der Waals surface area contributed by atoms with Crippen molar-refractivity contribution in [2.75, 3.05) is 5.32 Å². The number of aryl methyl sites for hydroxylation is 3. The van der Waals surface area contributed by atoms with Crippen LogP contribution in [0.3, 0.4) is 0 Å². The average molecular weight is 521 g/mol. The minimum Gasteiger partial charge on any atom is -0.470 e. The molecule has 0 aliphatic rings. The lowest BCUT2D eigenvalue weighted by atomic mass is 10.1. The number of benzene rings is 3. The molecule has 9 nitrogen and oxygen atoms in total. The van der Waals surface area contributed by atoms with E-state index in [1.54, 1.807) is 18.3 Å². The number of anilines is 1. The summed E-state index contributed by atoms with van der Waals surface area (Å²) < 4.78 is 13.1. The number of ether oxygens (including phenoxy) is 2. The fourth-order valence-electron chi connectivity index (χ4n) is 3.66. The van der Waals surface area contributed by atoms with Crippen LogP contribution < -0.4 is 14.8 Å². The van der Waals surface area contributed by atoms with Crippen molar-refractivity contribution in [2.45, 2.75) is 34.4 Å². The number of nitro groups is 1. The quantitative estimate of drug-likeness (QED) is 0.203. The van der Waals surface area contributed by atoms with Gasteiger partial charge in [0.05, 0.1) is 21.7 Å². The third kappa shape index (κ3) is 6.25. The van der Waals surface area contributed by atoms with E-state index in [-0.39, 0.29) is 29.5 Å². The van der Waals surface area contributed by atoms with Gasteiger partial charge in [0, 0.05) is 18.3 Å². The van der Waals surface area contributed by atoms with Gasteiger partial charge in [0.15, 0.2) is 12.4 Å². The van der Waals surface area contributed by atoms with Crippen molar-refractivity contribution in [1.82, 2.24) is 9.78 Å². The molecule has 1 amide bonds. The summed E-state index contributed by atoms with van der Waals surface area (Å²) in [4.78, 5) is 23.8. The van der Waals surface area contributed by atoms with Gasteiger partial charge in [-0.05, 0) is 74.2 Å². The summed E-state index contributed by atoms with van der Waals surface area (Å²) in [5, 5.41) is 18.9. The van der Waals surface area contributed by atoms with Gasteiger partial charge in [0.1, 0.15) is 17.2 Å². The summed E-state index contributed by atoms with van der Waals surface area (Å²) in [5.74, 6) is 0.780. The zero-order valence-corrected chi connectivity index (χ0v) is 21.5. The molecule has 10 heteroatoms. The van der Waals surface area contributed by atoms with Crippen LogP contribution in [0.15, 0.2) is 60.8 Å². The smallest absolute Gasteiger partial charge is 0.276 e. The molecular formula is C27H25ClN4O5. The van der Waals surface area contributed by atoms with Crippen molar-refractivity contribution in [3.05, 3.63) is 104 Å². The second-order valence-corrected chi connectivity index (χ2v) is 9.09. The molecule has 1 aromatic heterocycles. The molecule has 0 radical (unpaired) electrons. The average Bonchev–Trinajstić information content (AvgIpc) is 3.32. The summed E-state index contributed by atoms with van der Waals surface area (Å²) in [6.45, 7) is 7.79. The lowest BCUT2D eigenvalue weighted by Crippen LogP contribution is -2.14. The van der Waals surface area contributed by atoms with Crippen LogP contribution in [0.5, 0.6) is 17.2 Å². The van der Waals surface area contributed by atoms with Gasteiger partial charge in [-0.2, -0.15) is 5.10 Å². The van der Waals surface area contributed by atoms with Crippen LogP contribution in [0.25, 0.3) is 0 Å². The van der Waals surface area contributed by atoms with E-state index in [4.69, 9.17) is 21.1 Å². The molecule has 4 aromatic rings. The number of hydrogen-bond donors (Lipinski definition) is 1. The van der Waals surface area contributed by atoms with Crippen molar-refractivity contribution in [1.29, 1.82) is 0 Å². The van der Waals surface area contributed by atoms with Crippen LogP contribution in [-0.2, 0) is 6.73 Å². The Kier molecular flexibility index (Phi) is 7.45. The normalized spacial score (nSPS) is 10.7. The molecular weight excluding hydrogens is 496 g/mol. The maximum Gasteiger partial charge on any atom is 0.276 e. The highest BCUT2D eigenvalue weighted by Gasteiger charge is 2.16. The van der Waals surface area contributed by atoms with Crippen LogP contribution in [0.2, 0.25) is 5.02 Å². The molecule has 0 saturated heterocycles. The van der Waals surface area contributed by atoms with E-state index in [9.17, 15) is 14.9 Å². The molecule has 0 aliphatic heterocycles. The van der Waals surface area contributed by atoms with Gasteiger partial charge in [0.2, 0.25) is 0 Å². The minimum absolute atomic E-state index is 0.0422. The third-order valence-corrected chi connectivity index (χ3v) is 5.98. The number of carbonyl (C=O) groups excluding carboxylic acids is 1. The van der Waals surface area contributed by atoms with Crippen LogP contribution >= 0.6 is 11.6 Å². The number of rotatable bonds is 8. The lowest BCUT2D eigenvalue weighted by Gasteiger charge is -2.13. The Morgan fingerprint density at radius 3 is 2.54 bits per heavy atom. The number of nitrogens with zero attached hydrogens (tertiary/aromatic N) is 3. The van der Waals surface area contributed by atoms with Crippen molar-refractivity contribution in [3.63, 3.8) is 0 Å². The number of carbonyl (C=O) groups is 1. The summed E-state index contributed by atoms with van der Waals surface area (Å²) >= 11 is 6.15. The molecule has 0 fully saturated rings. The van der Waals surface area contributed by atoms with Gasteiger partial charge in [0.25, 0.3) is 11.6 Å². The summed E-state index contributed by atoms with van der Waals surface area (Å²) in [5.41, 5.74) is 4.05. The predicted molar refractivity (Wildman–Crippen MR) is 141 cm³/mol. The predicted octanol–water partition coefficient (Wildman–Crippen LogP) is 6.76. The highest BCUT2D eigenvalue weighted by atomic mass is 35.5. The summed E-state index contributed by atoms with van der Waals surface area (Å²) in [7, 11) is 0. The molecule has 0 bridgehead atoms. The van der Waals surface area contributed by atoms with Crippen LogP contribution in [0.4, 0.5) is 11.4 Å². The van der Waals surface area contributed by atoms with Crippen LogP contribution in [0.1, 0.15) is 32.7 Å². The monoisotopic (exact) mass is 520 g/mol. The summed E-state index contributed by atoms with van der Waals surface area (Å²) in [6, 6.07) is 14.9. The summed E-state index contributed by atoms with van der Waals surface area (Å²) in [6.07, 6.45) is 1.59. The first-order valence-electron chi connectivity index (χ1n) is 11.4. The Morgan fingerprint density at radius 2 is 1.78 bits per heavy atom. The first-order chi connectivity index (χ1) is 17.6. The topological polar surface area (TPSA) is 109 Å². The van der Waals surface area contributed by atoms with Crippen LogP contribution in [-0.4, -0.2) is 20.6 Å². The van der Waals surface area contributed by atoms with Crippen molar-refractivity contribution in [3.8, 4) is 17.2 Å². The molecule has 1 heterocycles. The highest BCUT2D eigenvalue weighted by Crippen LogP contribution is 2.33. The third-order valence-electron chi connectivity index (χ3n) is 5.66. The Labute approximate surface area is 218 Å². The number of nitro benzene ring substituents is 1. The second-order valence-electron chi connectivity index (χ2n) is 8.68. The standard InChI is InChI=1S/C27H25ClN4O5/c1-16-5-6-23(28)26(10-16)36-15-31-8-7-24(30-31)27(33)29-20-12-21(32(34)35)14-22(13-20)37-25-11-17(2)9-18(3)19(25)4/h5-14H,15H2,1-4H3,(H,29,33). The maximum absolute atomic E-state index is 12.8. The first kappa shape index (κ1) is 25.7. The molecule has 0 atom stereocenters. The number of amides is 1. The van der Waals surface area contributed by atoms with E-state index in [0.29, 0.717) is 16.5 Å². The second kappa shape index (κ2) is 10.7. The minimum atomic E-state index is -0.542. The highest BCUT2D eigenvalue weighted by molar-refractivity contribution is 6.32. The largest absolute Gasteiger partial charge is 0.470 e. The Balaban J connectivity index is 1.50. The van der Waals surface area contributed by atoms with Crippen molar-refractivity contribution >= 4 is 28.9 Å². The van der Waals surface area contributed by atoms with Gasteiger partial charge < -0.3 is 14.8 Å². The Hall–Kier alpha value is -4.37. The van der Waals surface area contributed by atoms with E-state index in [0.717, 1.165) is 22.3 Å². The SMILES string of the molecule is Cc1ccc(Cl)c(OCn2ccc(C(=O)Nc3cc(Oc4cc(C)cc(C)c4C)cc([N+](=O)[O-])c3)n2)c1. The number of nitrogens with one attached hydrogen (secondary N) is 1. The van der Waals surface area contributed by atoms with Crippen molar-refractivity contribution in [2.24, 2.45) is 0 Å². The van der Waals surface area contributed by atoms with E-state index < -0.39 is 10.8 Å². The van der Waals surface area contributed by atoms with E-state index in [2.05, 4.69) is 10.4 Å². The first-order valence-corrected chi connectivity index (χ1v) is 11.8. The van der Waals surface area contributed by atoms with E-state index >= 15 is 0 Å². The molecule has 0 unspecified atom stereocenters. The molecule has 0 saturated carbocycles. The number of halogens is 1. The molecule has 0 aliphatic carbocycles. The zero-order chi connectivity index (χ0) is 26.7. The van der Waals surface area contributed by atoms with Crippen molar-refractivity contribution < 1.29 is 19.2 Å². The number of hydrogen-bond acceptors (Lipinski definition) is 6. The number of non-ortho nitro benzene ring substituents is 1. The van der Waals surface area contributed by atoms with Crippen LogP contribution in [0, 0.1) is 37.8 Å². The number of aromatic nitrogens is 2. The van der Waals surface area contributed by atoms with Gasteiger partial charge in [-0.3, -0.25) is 14.9 Å². The zero-order valence-electron chi connectivity index (χ0n) is 20.7. The van der Waals surface area contributed by atoms with Gasteiger partial charge in [-0.1, -0.05) is 23.7 Å². The van der Waals surface area contributed by atoms with Gasteiger partial charge in [-0.15, -0.1) is 0 Å². The molecule has 0 spiro atoms. The molecule has 37 heavy (non-hydrogen) atoms. The van der Waals surface area contributed by atoms with E-state index in [1.807, 2.05) is 45.9 Å². The Bertz CT molecular complexity index is 1500.